The predicted octanol–water partition coefficient (Wildman–Crippen LogP) is 2.52. The molecule has 0 aliphatic carbocycles. The first kappa shape index (κ1) is 18.9. The molecular formula is C21H25N7O. The van der Waals surface area contributed by atoms with E-state index in [1.807, 2.05) is 43.3 Å². The maximum absolute atomic E-state index is 5.20. The second-order valence-corrected chi connectivity index (χ2v) is 6.92. The van der Waals surface area contributed by atoms with Crippen molar-refractivity contribution in [2.24, 2.45) is 0 Å². The molecule has 2 aromatic heterocycles. The van der Waals surface area contributed by atoms with Crippen LogP contribution >= 0.6 is 0 Å². The summed E-state index contributed by atoms with van der Waals surface area (Å²) in [5, 5.41) is 3.33. The molecule has 0 atom stereocenters. The minimum absolute atomic E-state index is 0.643. The van der Waals surface area contributed by atoms with E-state index in [9.17, 15) is 0 Å². The number of nitrogens with zero attached hydrogens (tertiary/aromatic N) is 6. The van der Waals surface area contributed by atoms with Crippen LogP contribution in [0.2, 0.25) is 0 Å². The zero-order valence-corrected chi connectivity index (χ0v) is 16.7. The molecule has 1 aromatic carbocycles. The third-order valence-electron chi connectivity index (χ3n) is 4.89. The Morgan fingerprint density at radius 2 is 1.66 bits per heavy atom. The molecule has 150 valence electrons. The van der Waals surface area contributed by atoms with Gasteiger partial charge in [-0.25, -0.2) is 15.0 Å². The van der Waals surface area contributed by atoms with Gasteiger partial charge in [0.25, 0.3) is 0 Å². The van der Waals surface area contributed by atoms with E-state index in [2.05, 4.69) is 30.1 Å². The smallest absolute Gasteiger partial charge is 0.225 e. The molecule has 3 heterocycles. The van der Waals surface area contributed by atoms with Crippen molar-refractivity contribution in [1.82, 2.24) is 19.9 Å². The fourth-order valence-corrected chi connectivity index (χ4v) is 3.31. The Labute approximate surface area is 170 Å². The van der Waals surface area contributed by atoms with Crippen molar-refractivity contribution in [3.05, 3.63) is 60.0 Å². The Morgan fingerprint density at radius 1 is 0.966 bits per heavy atom. The summed E-state index contributed by atoms with van der Waals surface area (Å²) in [6.45, 7) is 6.12. The van der Waals surface area contributed by atoms with Crippen LogP contribution in [-0.4, -0.2) is 53.2 Å². The van der Waals surface area contributed by atoms with E-state index in [0.29, 0.717) is 12.5 Å². The molecule has 0 saturated carbocycles. The molecule has 1 aliphatic heterocycles. The summed E-state index contributed by atoms with van der Waals surface area (Å²) in [7, 11) is 1.67. The summed E-state index contributed by atoms with van der Waals surface area (Å²) < 4.78 is 5.20. The number of rotatable bonds is 6. The molecule has 0 bridgehead atoms. The van der Waals surface area contributed by atoms with Crippen LogP contribution in [0.3, 0.4) is 0 Å². The summed E-state index contributed by atoms with van der Waals surface area (Å²) in [5.74, 6) is 3.23. The maximum Gasteiger partial charge on any atom is 0.225 e. The molecule has 8 heteroatoms. The lowest BCUT2D eigenvalue weighted by atomic mass is 10.2. The molecule has 1 saturated heterocycles. The molecule has 29 heavy (non-hydrogen) atoms. The Hall–Kier alpha value is -3.42. The average Bonchev–Trinajstić information content (AvgIpc) is 2.78. The van der Waals surface area contributed by atoms with Crippen LogP contribution in [0.4, 0.5) is 17.7 Å². The highest BCUT2D eigenvalue weighted by atomic mass is 16.5. The van der Waals surface area contributed by atoms with Crippen molar-refractivity contribution in [2.45, 2.75) is 13.5 Å². The van der Waals surface area contributed by atoms with Crippen molar-refractivity contribution in [3.63, 3.8) is 0 Å². The minimum Gasteiger partial charge on any atom is -0.497 e. The Morgan fingerprint density at radius 3 is 2.34 bits per heavy atom. The number of aromatic nitrogens is 4. The minimum atomic E-state index is 0.643. The average molecular weight is 391 g/mol. The number of methoxy groups -OCH3 is 1. The molecule has 0 spiro atoms. The SMILES string of the molecule is COc1ccc(CNc2nc(C)cc(N3CCN(c4ncccn4)CC3)n2)cc1. The summed E-state index contributed by atoms with van der Waals surface area (Å²) in [6.07, 6.45) is 3.56. The van der Waals surface area contributed by atoms with Crippen LogP contribution in [0.15, 0.2) is 48.8 Å². The van der Waals surface area contributed by atoms with Crippen LogP contribution in [0.5, 0.6) is 5.75 Å². The molecule has 0 amide bonds. The Kier molecular flexibility index (Phi) is 5.69. The zero-order valence-electron chi connectivity index (χ0n) is 16.7. The monoisotopic (exact) mass is 391 g/mol. The molecule has 8 nitrogen and oxygen atoms in total. The van der Waals surface area contributed by atoms with Gasteiger partial charge in [0.05, 0.1) is 7.11 Å². The number of benzene rings is 1. The van der Waals surface area contributed by atoms with E-state index >= 15 is 0 Å². The van der Waals surface area contributed by atoms with E-state index in [1.165, 1.54) is 0 Å². The van der Waals surface area contributed by atoms with Gasteiger partial charge in [-0.2, -0.15) is 4.98 Å². The zero-order chi connectivity index (χ0) is 20.1. The lowest BCUT2D eigenvalue weighted by Crippen LogP contribution is -2.47. The van der Waals surface area contributed by atoms with Crippen LogP contribution < -0.4 is 19.9 Å². The first-order chi connectivity index (χ1) is 14.2. The van der Waals surface area contributed by atoms with Gasteiger partial charge >= 0.3 is 0 Å². The van der Waals surface area contributed by atoms with Crippen LogP contribution in [-0.2, 0) is 6.54 Å². The number of ether oxygens (including phenoxy) is 1. The Balaban J connectivity index is 1.39. The second kappa shape index (κ2) is 8.72. The number of hydrogen-bond acceptors (Lipinski definition) is 8. The molecule has 3 aromatic rings. The van der Waals surface area contributed by atoms with E-state index in [-0.39, 0.29) is 0 Å². The summed E-state index contributed by atoms with van der Waals surface area (Å²) >= 11 is 0. The molecule has 1 N–H and O–H groups in total. The molecule has 0 radical (unpaired) electrons. The normalized spacial score (nSPS) is 14.0. The highest BCUT2D eigenvalue weighted by molar-refractivity contribution is 5.47. The van der Waals surface area contributed by atoms with Crippen molar-refractivity contribution in [3.8, 4) is 5.75 Å². The highest BCUT2D eigenvalue weighted by Gasteiger charge is 2.20. The Bertz CT molecular complexity index is 926. The van der Waals surface area contributed by atoms with Crippen LogP contribution in [0.25, 0.3) is 0 Å². The molecule has 1 fully saturated rings. The van der Waals surface area contributed by atoms with Crippen LogP contribution in [0, 0.1) is 6.92 Å². The second-order valence-electron chi connectivity index (χ2n) is 6.92. The molecule has 1 aliphatic rings. The van der Waals surface area contributed by atoms with Crippen molar-refractivity contribution >= 4 is 17.7 Å². The van der Waals surface area contributed by atoms with Gasteiger partial charge < -0.3 is 19.9 Å². The van der Waals surface area contributed by atoms with Crippen molar-refractivity contribution in [2.75, 3.05) is 48.4 Å². The molecule has 0 unspecified atom stereocenters. The third-order valence-corrected chi connectivity index (χ3v) is 4.89. The molecular weight excluding hydrogens is 366 g/mol. The highest BCUT2D eigenvalue weighted by Crippen LogP contribution is 2.19. The van der Waals surface area contributed by atoms with Gasteiger partial charge in [0.2, 0.25) is 11.9 Å². The van der Waals surface area contributed by atoms with E-state index in [1.54, 1.807) is 19.5 Å². The third kappa shape index (κ3) is 4.71. The lowest BCUT2D eigenvalue weighted by Gasteiger charge is -2.35. The van der Waals surface area contributed by atoms with Gasteiger partial charge in [-0.05, 0) is 30.7 Å². The van der Waals surface area contributed by atoms with Gasteiger partial charge in [-0.1, -0.05) is 12.1 Å². The van der Waals surface area contributed by atoms with Crippen molar-refractivity contribution < 1.29 is 4.74 Å². The van der Waals surface area contributed by atoms with Gasteiger partial charge in [-0.3, -0.25) is 0 Å². The van der Waals surface area contributed by atoms with Gasteiger partial charge in [-0.15, -0.1) is 0 Å². The first-order valence-corrected chi connectivity index (χ1v) is 9.71. The van der Waals surface area contributed by atoms with E-state index in [4.69, 9.17) is 9.72 Å². The van der Waals surface area contributed by atoms with Crippen LogP contribution in [0.1, 0.15) is 11.3 Å². The predicted molar refractivity (Wildman–Crippen MR) is 114 cm³/mol. The van der Waals surface area contributed by atoms with Gasteiger partial charge in [0.15, 0.2) is 0 Å². The fraction of sp³-hybridized carbons (Fsp3) is 0.333. The standard InChI is InChI=1S/C21H25N7O/c1-16-14-19(27-10-12-28(13-11-27)21-22-8-3-9-23-21)26-20(25-16)24-15-17-4-6-18(29-2)7-5-17/h3-9,14H,10-13,15H2,1-2H3,(H,24,25,26). The molecule has 4 rings (SSSR count). The largest absolute Gasteiger partial charge is 0.497 e. The van der Waals surface area contributed by atoms with E-state index in [0.717, 1.165) is 55.0 Å². The topological polar surface area (TPSA) is 79.3 Å². The quantitative estimate of drug-likeness (QED) is 0.687. The fourth-order valence-electron chi connectivity index (χ4n) is 3.31. The van der Waals surface area contributed by atoms with Gasteiger partial charge in [0.1, 0.15) is 11.6 Å². The number of aryl methyl sites for hydroxylation is 1. The van der Waals surface area contributed by atoms with Gasteiger partial charge in [0, 0.05) is 56.9 Å². The summed E-state index contributed by atoms with van der Waals surface area (Å²) in [4.78, 5) is 22.4. The first-order valence-electron chi connectivity index (χ1n) is 9.71. The lowest BCUT2D eigenvalue weighted by molar-refractivity contribution is 0.414. The number of hydrogen-bond donors (Lipinski definition) is 1. The number of piperazine rings is 1. The van der Waals surface area contributed by atoms with E-state index < -0.39 is 0 Å². The van der Waals surface area contributed by atoms with Crippen molar-refractivity contribution in [1.29, 1.82) is 0 Å². The summed E-state index contributed by atoms with van der Waals surface area (Å²) in [6, 6.07) is 11.9. The maximum atomic E-state index is 5.20. The summed E-state index contributed by atoms with van der Waals surface area (Å²) in [5.41, 5.74) is 2.09. The number of anilines is 3. The number of nitrogens with one attached hydrogen (secondary N) is 1.